The molecule has 58 valence electrons. The van der Waals surface area contributed by atoms with Crippen LogP contribution in [-0.4, -0.2) is 18.1 Å². The molecule has 0 bridgehead atoms. The highest BCUT2D eigenvalue weighted by Gasteiger charge is 2.58. The first kappa shape index (κ1) is 6.53. The van der Waals surface area contributed by atoms with Crippen molar-refractivity contribution in [2.45, 2.75) is 31.3 Å². The van der Waals surface area contributed by atoms with Gasteiger partial charge in [-0.1, -0.05) is 0 Å². The Hall–Kier alpha value is -0.180. The monoisotopic (exact) mass is 148 g/mol. The number of halogens is 2. The van der Waals surface area contributed by atoms with Crippen LogP contribution in [0.1, 0.15) is 19.8 Å². The van der Waals surface area contributed by atoms with Gasteiger partial charge >= 0.3 is 0 Å². The van der Waals surface area contributed by atoms with E-state index in [0.717, 1.165) is 0 Å². The van der Waals surface area contributed by atoms with Crippen LogP contribution in [0.2, 0.25) is 0 Å². The van der Waals surface area contributed by atoms with Crippen LogP contribution in [0.5, 0.6) is 0 Å². The molecule has 1 heterocycles. The van der Waals surface area contributed by atoms with Gasteiger partial charge in [-0.05, 0) is 6.92 Å². The van der Waals surface area contributed by atoms with Gasteiger partial charge in [0.2, 0.25) is 5.92 Å². The second-order valence-corrected chi connectivity index (χ2v) is 3.56. The molecule has 0 aromatic heterocycles. The van der Waals surface area contributed by atoms with Gasteiger partial charge < -0.3 is 4.74 Å². The zero-order valence-corrected chi connectivity index (χ0v) is 5.86. The summed E-state index contributed by atoms with van der Waals surface area (Å²) >= 11 is 0. The first-order chi connectivity index (χ1) is 4.52. The molecule has 3 heteroatoms. The van der Waals surface area contributed by atoms with Gasteiger partial charge in [-0.25, -0.2) is 8.78 Å². The number of alkyl halides is 2. The molecule has 1 saturated heterocycles. The molecule has 0 N–H and O–H groups in total. The Morgan fingerprint density at radius 2 is 1.90 bits per heavy atom. The van der Waals surface area contributed by atoms with E-state index in [2.05, 4.69) is 0 Å². The van der Waals surface area contributed by atoms with Crippen molar-refractivity contribution in [2.75, 3.05) is 6.61 Å². The van der Waals surface area contributed by atoms with Crippen molar-refractivity contribution in [3.05, 3.63) is 0 Å². The van der Waals surface area contributed by atoms with Crippen molar-refractivity contribution in [1.82, 2.24) is 0 Å². The largest absolute Gasteiger partial charge is 0.370 e. The van der Waals surface area contributed by atoms with Crippen LogP contribution in [0.15, 0.2) is 0 Å². The van der Waals surface area contributed by atoms with Crippen molar-refractivity contribution in [3.8, 4) is 0 Å². The third-order valence-electron chi connectivity index (χ3n) is 2.55. The summed E-state index contributed by atoms with van der Waals surface area (Å²) in [5.41, 5.74) is -0.179. The van der Waals surface area contributed by atoms with Crippen LogP contribution >= 0.6 is 0 Å². The molecule has 2 rings (SSSR count). The van der Waals surface area contributed by atoms with E-state index in [1.807, 2.05) is 6.92 Å². The summed E-state index contributed by atoms with van der Waals surface area (Å²) in [7, 11) is 0. The molecule has 1 nitrogen and oxygen atoms in total. The SMILES string of the molecule is CC1(C2CC(F)(F)C2)CO1. The van der Waals surface area contributed by atoms with Crippen LogP contribution in [0, 0.1) is 5.92 Å². The summed E-state index contributed by atoms with van der Waals surface area (Å²) in [5, 5.41) is 0. The van der Waals surface area contributed by atoms with Gasteiger partial charge in [0, 0.05) is 18.8 Å². The minimum absolute atomic E-state index is 0.0312. The maximum absolute atomic E-state index is 12.3. The average molecular weight is 148 g/mol. The van der Waals surface area contributed by atoms with Gasteiger partial charge in [-0.15, -0.1) is 0 Å². The van der Waals surface area contributed by atoms with E-state index in [-0.39, 0.29) is 24.4 Å². The van der Waals surface area contributed by atoms with Crippen molar-refractivity contribution in [2.24, 2.45) is 5.92 Å². The van der Waals surface area contributed by atoms with E-state index in [0.29, 0.717) is 6.61 Å². The first-order valence-electron chi connectivity index (χ1n) is 3.54. The second kappa shape index (κ2) is 1.52. The summed E-state index contributed by atoms with van der Waals surface area (Å²) in [4.78, 5) is 0. The summed E-state index contributed by atoms with van der Waals surface area (Å²) in [5.74, 6) is -2.28. The van der Waals surface area contributed by atoms with E-state index in [1.54, 1.807) is 0 Å². The van der Waals surface area contributed by atoms with Gasteiger partial charge in [-0.2, -0.15) is 0 Å². The molecule has 1 saturated carbocycles. The molecule has 1 unspecified atom stereocenters. The standard InChI is InChI=1S/C7H10F2O/c1-6(4-10-6)5-2-7(8,9)3-5/h5H,2-4H2,1H3. The molecule has 0 aromatic rings. The first-order valence-corrected chi connectivity index (χ1v) is 3.54. The fourth-order valence-corrected chi connectivity index (χ4v) is 1.44. The molecule has 1 aliphatic heterocycles. The predicted octanol–water partition coefficient (Wildman–Crippen LogP) is 1.82. The number of rotatable bonds is 1. The van der Waals surface area contributed by atoms with Crippen LogP contribution in [-0.2, 0) is 4.74 Å². The third-order valence-corrected chi connectivity index (χ3v) is 2.55. The summed E-state index contributed by atoms with van der Waals surface area (Å²) < 4.78 is 29.6. The Balaban J connectivity index is 1.91. The molecule has 0 spiro atoms. The lowest BCUT2D eigenvalue weighted by molar-refractivity contribution is -0.128. The maximum Gasteiger partial charge on any atom is 0.248 e. The minimum atomic E-state index is -2.39. The molecule has 2 aliphatic rings. The van der Waals surface area contributed by atoms with E-state index in [4.69, 9.17) is 4.74 Å². The fourth-order valence-electron chi connectivity index (χ4n) is 1.44. The Bertz CT molecular complexity index is 155. The summed E-state index contributed by atoms with van der Waals surface area (Å²) in [6.07, 6.45) is 0.0625. The number of hydrogen-bond donors (Lipinski definition) is 0. The topological polar surface area (TPSA) is 12.5 Å². The van der Waals surface area contributed by atoms with Crippen molar-refractivity contribution in [1.29, 1.82) is 0 Å². The van der Waals surface area contributed by atoms with Crippen LogP contribution in [0.4, 0.5) is 8.78 Å². The van der Waals surface area contributed by atoms with Gasteiger partial charge in [0.05, 0.1) is 12.2 Å². The van der Waals surface area contributed by atoms with Crippen molar-refractivity contribution >= 4 is 0 Å². The van der Waals surface area contributed by atoms with E-state index in [9.17, 15) is 8.78 Å². The lowest BCUT2D eigenvalue weighted by Gasteiger charge is -2.37. The molecular formula is C7H10F2O. The molecular weight excluding hydrogens is 138 g/mol. The Morgan fingerprint density at radius 1 is 1.40 bits per heavy atom. The van der Waals surface area contributed by atoms with Crippen molar-refractivity contribution < 1.29 is 13.5 Å². The maximum atomic E-state index is 12.3. The number of hydrogen-bond acceptors (Lipinski definition) is 1. The summed E-state index contributed by atoms with van der Waals surface area (Å²) in [6, 6.07) is 0. The Labute approximate surface area is 58.4 Å². The normalized spacial score (nSPS) is 44.7. The Kier molecular flexibility index (Phi) is 0.994. The van der Waals surface area contributed by atoms with E-state index < -0.39 is 5.92 Å². The molecule has 0 radical (unpaired) electrons. The van der Waals surface area contributed by atoms with Crippen LogP contribution in [0.3, 0.4) is 0 Å². The zero-order valence-electron chi connectivity index (χ0n) is 5.86. The lowest BCUT2D eigenvalue weighted by Crippen LogP contribution is -2.42. The third kappa shape index (κ3) is 0.839. The quantitative estimate of drug-likeness (QED) is 0.517. The van der Waals surface area contributed by atoms with Gasteiger partial charge in [0.15, 0.2) is 0 Å². The molecule has 2 fully saturated rings. The van der Waals surface area contributed by atoms with Crippen LogP contribution < -0.4 is 0 Å². The van der Waals surface area contributed by atoms with Crippen LogP contribution in [0.25, 0.3) is 0 Å². The van der Waals surface area contributed by atoms with Gasteiger partial charge in [-0.3, -0.25) is 0 Å². The molecule has 1 atom stereocenters. The molecule has 0 aromatic carbocycles. The molecule has 10 heavy (non-hydrogen) atoms. The Morgan fingerprint density at radius 3 is 2.20 bits per heavy atom. The lowest BCUT2D eigenvalue weighted by atomic mass is 9.74. The van der Waals surface area contributed by atoms with Gasteiger partial charge in [0.25, 0.3) is 0 Å². The van der Waals surface area contributed by atoms with Gasteiger partial charge in [0.1, 0.15) is 0 Å². The minimum Gasteiger partial charge on any atom is -0.370 e. The number of epoxide rings is 1. The second-order valence-electron chi connectivity index (χ2n) is 3.56. The van der Waals surface area contributed by atoms with E-state index in [1.165, 1.54) is 0 Å². The molecule has 1 aliphatic carbocycles. The van der Waals surface area contributed by atoms with Crippen molar-refractivity contribution in [3.63, 3.8) is 0 Å². The van der Waals surface area contributed by atoms with E-state index >= 15 is 0 Å². The highest BCUT2D eigenvalue weighted by Crippen LogP contribution is 2.52. The smallest absolute Gasteiger partial charge is 0.248 e. The predicted molar refractivity (Wildman–Crippen MR) is 32.0 cm³/mol. The summed E-state index contributed by atoms with van der Waals surface area (Å²) in [6.45, 7) is 2.58. The highest BCUT2D eigenvalue weighted by atomic mass is 19.3. The number of ether oxygens (including phenoxy) is 1. The fraction of sp³-hybridized carbons (Fsp3) is 1.00. The average Bonchev–Trinajstić information content (AvgIpc) is 2.43. The zero-order chi connectivity index (χ0) is 7.41. The molecule has 0 amide bonds. The highest BCUT2D eigenvalue weighted by molar-refractivity contribution is 5.03.